The van der Waals surface area contributed by atoms with Crippen molar-refractivity contribution in [3.8, 4) is 11.3 Å². The van der Waals surface area contributed by atoms with E-state index < -0.39 is 0 Å². The summed E-state index contributed by atoms with van der Waals surface area (Å²) in [7, 11) is 0. The second-order valence-electron chi connectivity index (χ2n) is 5.33. The van der Waals surface area contributed by atoms with Crippen LogP contribution in [-0.4, -0.2) is 15.0 Å². The van der Waals surface area contributed by atoms with Crippen LogP contribution >= 0.6 is 34.7 Å². The Kier molecular flexibility index (Phi) is 4.57. The molecule has 2 aromatic carbocycles. The van der Waals surface area contributed by atoms with Gasteiger partial charge >= 0.3 is 0 Å². The molecule has 0 amide bonds. The van der Waals surface area contributed by atoms with E-state index in [9.17, 15) is 0 Å². The number of hydrogen-bond donors (Lipinski definition) is 1. The van der Waals surface area contributed by atoms with Crippen molar-refractivity contribution < 1.29 is 0 Å². The molecule has 2 heterocycles. The molecule has 0 unspecified atom stereocenters. The third-order valence-electron chi connectivity index (χ3n) is 3.58. The van der Waals surface area contributed by atoms with Gasteiger partial charge in [0.1, 0.15) is 5.01 Å². The summed E-state index contributed by atoms with van der Waals surface area (Å²) in [6, 6.07) is 15.9. The van der Waals surface area contributed by atoms with Crippen LogP contribution in [0.15, 0.2) is 59.6 Å². The molecule has 0 saturated heterocycles. The Labute approximate surface area is 158 Å². The van der Waals surface area contributed by atoms with Crippen molar-refractivity contribution in [3.05, 3.63) is 64.8 Å². The Hall–Kier alpha value is -2.15. The first kappa shape index (κ1) is 16.3. The quantitative estimate of drug-likeness (QED) is 0.485. The van der Waals surface area contributed by atoms with Crippen LogP contribution in [-0.2, 0) is 5.75 Å². The highest BCUT2D eigenvalue weighted by Gasteiger charge is 2.08. The zero-order valence-electron chi connectivity index (χ0n) is 13.0. The number of nitrogens with two attached hydrogens (primary N) is 1. The van der Waals surface area contributed by atoms with E-state index in [4.69, 9.17) is 22.3 Å². The molecule has 0 spiro atoms. The summed E-state index contributed by atoms with van der Waals surface area (Å²) in [6.07, 6.45) is 1.67. The van der Waals surface area contributed by atoms with Gasteiger partial charge in [-0.05, 0) is 42.5 Å². The number of benzene rings is 2. The number of hydrogen-bond acceptors (Lipinski definition) is 6. The molecule has 0 aliphatic rings. The van der Waals surface area contributed by atoms with Crippen molar-refractivity contribution in [2.75, 3.05) is 5.73 Å². The van der Waals surface area contributed by atoms with Gasteiger partial charge in [0.25, 0.3) is 0 Å². The summed E-state index contributed by atoms with van der Waals surface area (Å²) in [5.74, 6) is 1.11. The molecule has 4 rings (SSSR count). The van der Waals surface area contributed by atoms with Gasteiger partial charge in [-0.15, -0.1) is 23.1 Å². The number of aromatic nitrogens is 3. The average Bonchev–Trinajstić information content (AvgIpc) is 3.03. The van der Waals surface area contributed by atoms with Crippen LogP contribution in [0.3, 0.4) is 0 Å². The third-order valence-corrected chi connectivity index (χ3v) is 6.05. The Morgan fingerprint density at radius 1 is 1.04 bits per heavy atom. The fourth-order valence-corrected chi connectivity index (χ4v) is 4.43. The standard InChI is InChI=1S/C18H13ClN4S2/c19-12-2-4-13(5-3-12)24-10-17-22-15-6-1-11(9-16(15)25-17)14-7-8-21-18(20)23-14/h1-9H,10H2,(H2,20,21,23). The second-order valence-corrected chi connectivity index (χ2v) is 7.93. The van der Waals surface area contributed by atoms with E-state index in [1.54, 1.807) is 29.3 Å². The van der Waals surface area contributed by atoms with E-state index in [2.05, 4.69) is 16.0 Å². The zero-order chi connectivity index (χ0) is 17.2. The number of halogens is 1. The van der Waals surface area contributed by atoms with E-state index in [0.29, 0.717) is 0 Å². The van der Waals surface area contributed by atoms with Gasteiger partial charge in [-0.1, -0.05) is 17.7 Å². The molecule has 0 aliphatic heterocycles. The van der Waals surface area contributed by atoms with Crippen molar-refractivity contribution in [3.63, 3.8) is 0 Å². The van der Waals surface area contributed by atoms with Gasteiger partial charge < -0.3 is 5.73 Å². The fourth-order valence-electron chi connectivity index (χ4n) is 2.40. The van der Waals surface area contributed by atoms with Gasteiger partial charge in [0.2, 0.25) is 5.95 Å². The minimum atomic E-state index is 0.280. The molecule has 2 aromatic heterocycles. The van der Waals surface area contributed by atoms with Crippen LogP contribution in [0.1, 0.15) is 5.01 Å². The highest BCUT2D eigenvalue weighted by molar-refractivity contribution is 7.98. The molecule has 0 atom stereocenters. The summed E-state index contributed by atoms with van der Waals surface area (Å²) in [5, 5.41) is 1.84. The number of anilines is 1. The van der Waals surface area contributed by atoms with E-state index in [-0.39, 0.29) is 5.95 Å². The minimum absolute atomic E-state index is 0.280. The van der Waals surface area contributed by atoms with Crippen molar-refractivity contribution in [2.24, 2.45) is 0 Å². The summed E-state index contributed by atoms with van der Waals surface area (Å²) in [4.78, 5) is 14.1. The first-order valence-corrected chi connectivity index (χ1v) is 9.72. The number of thioether (sulfide) groups is 1. The van der Waals surface area contributed by atoms with Crippen LogP contribution in [0, 0.1) is 0 Å². The lowest BCUT2D eigenvalue weighted by Gasteiger charge is -2.00. The number of fused-ring (bicyclic) bond motifs is 1. The molecule has 25 heavy (non-hydrogen) atoms. The molecule has 0 fully saturated rings. The number of thiazole rings is 1. The monoisotopic (exact) mass is 384 g/mol. The normalized spacial score (nSPS) is 11.1. The van der Waals surface area contributed by atoms with Gasteiger partial charge in [-0.3, -0.25) is 0 Å². The minimum Gasteiger partial charge on any atom is -0.368 e. The van der Waals surface area contributed by atoms with Gasteiger partial charge in [-0.2, -0.15) is 0 Å². The molecule has 0 saturated carbocycles. The lowest BCUT2D eigenvalue weighted by atomic mass is 10.1. The smallest absolute Gasteiger partial charge is 0.220 e. The van der Waals surface area contributed by atoms with E-state index >= 15 is 0 Å². The largest absolute Gasteiger partial charge is 0.368 e. The number of nitrogens with zero attached hydrogens (tertiary/aromatic N) is 3. The molecule has 4 aromatic rings. The molecule has 124 valence electrons. The maximum absolute atomic E-state index is 5.92. The Bertz CT molecular complexity index is 1030. The maximum Gasteiger partial charge on any atom is 0.220 e. The Balaban J connectivity index is 1.56. The van der Waals surface area contributed by atoms with Crippen LogP contribution in [0.25, 0.3) is 21.5 Å². The van der Waals surface area contributed by atoms with Crippen molar-refractivity contribution in [1.29, 1.82) is 0 Å². The van der Waals surface area contributed by atoms with Crippen molar-refractivity contribution in [1.82, 2.24) is 15.0 Å². The summed E-state index contributed by atoms with van der Waals surface area (Å²) in [6.45, 7) is 0. The molecule has 7 heteroatoms. The highest BCUT2D eigenvalue weighted by atomic mass is 35.5. The van der Waals surface area contributed by atoms with E-state index in [0.717, 1.165) is 37.3 Å². The lowest BCUT2D eigenvalue weighted by molar-refractivity contribution is 1.19. The predicted molar refractivity (Wildman–Crippen MR) is 106 cm³/mol. The average molecular weight is 385 g/mol. The fraction of sp³-hybridized carbons (Fsp3) is 0.0556. The van der Waals surface area contributed by atoms with Crippen LogP contribution in [0.4, 0.5) is 5.95 Å². The number of rotatable bonds is 4. The molecule has 0 radical (unpaired) electrons. The highest BCUT2D eigenvalue weighted by Crippen LogP contribution is 2.31. The molecule has 2 N–H and O–H groups in total. The zero-order valence-corrected chi connectivity index (χ0v) is 15.4. The topological polar surface area (TPSA) is 64.7 Å². The van der Waals surface area contributed by atoms with E-state index in [1.807, 2.05) is 42.5 Å². The molecular weight excluding hydrogens is 372 g/mol. The first-order chi connectivity index (χ1) is 12.2. The number of nitrogen functional groups attached to an aromatic ring is 1. The Morgan fingerprint density at radius 3 is 2.68 bits per heavy atom. The summed E-state index contributed by atoms with van der Waals surface area (Å²) in [5.41, 5.74) is 8.51. The summed E-state index contributed by atoms with van der Waals surface area (Å²) < 4.78 is 1.14. The lowest BCUT2D eigenvalue weighted by Crippen LogP contribution is -1.94. The molecular formula is C18H13ClN4S2. The third kappa shape index (κ3) is 3.76. The molecule has 0 aliphatic carbocycles. The van der Waals surface area contributed by atoms with Gasteiger partial charge in [0, 0.05) is 21.7 Å². The molecule has 0 bridgehead atoms. The maximum atomic E-state index is 5.92. The van der Waals surface area contributed by atoms with Gasteiger partial charge in [0.05, 0.1) is 21.7 Å². The van der Waals surface area contributed by atoms with Crippen LogP contribution in [0.2, 0.25) is 5.02 Å². The first-order valence-electron chi connectivity index (χ1n) is 7.54. The van der Waals surface area contributed by atoms with Gasteiger partial charge in [0.15, 0.2) is 0 Å². The predicted octanol–water partition coefficient (Wildman–Crippen LogP) is 5.28. The second kappa shape index (κ2) is 7.00. The van der Waals surface area contributed by atoms with Gasteiger partial charge in [-0.25, -0.2) is 15.0 Å². The van der Waals surface area contributed by atoms with Crippen LogP contribution < -0.4 is 5.73 Å². The van der Waals surface area contributed by atoms with Crippen LogP contribution in [0.5, 0.6) is 0 Å². The Morgan fingerprint density at radius 2 is 1.88 bits per heavy atom. The van der Waals surface area contributed by atoms with Crippen molar-refractivity contribution >= 4 is 50.9 Å². The summed E-state index contributed by atoms with van der Waals surface area (Å²) >= 11 is 9.37. The van der Waals surface area contributed by atoms with E-state index in [1.165, 1.54) is 4.90 Å². The molecule has 4 nitrogen and oxygen atoms in total. The van der Waals surface area contributed by atoms with Crippen molar-refractivity contribution in [2.45, 2.75) is 10.6 Å². The SMILES string of the molecule is Nc1nccc(-c2ccc3nc(CSc4ccc(Cl)cc4)sc3c2)n1.